The number of alkyl halides is 3. The average Bonchev–Trinajstić information content (AvgIpc) is 3.06. The Balaban J connectivity index is 1.34. The van der Waals surface area contributed by atoms with Gasteiger partial charge >= 0.3 is 6.18 Å². The van der Waals surface area contributed by atoms with Crippen LogP contribution < -0.4 is 20.9 Å². The summed E-state index contributed by atoms with van der Waals surface area (Å²) in [7, 11) is 2.91. The molecule has 3 aromatic heterocycles. The summed E-state index contributed by atoms with van der Waals surface area (Å²) in [6.45, 7) is 2.93. The van der Waals surface area contributed by atoms with Gasteiger partial charge in [-0.05, 0) is 36.6 Å². The molecule has 2 unspecified atom stereocenters. The maximum absolute atomic E-state index is 13.8. The van der Waals surface area contributed by atoms with Crippen molar-refractivity contribution in [2.24, 2.45) is 7.05 Å². The van der Waals surface area contributed by atoms with Gasteiger partial charge in [0.1, 0.15) is 17.2 Å². The zero-order valence-electron chi connectivity index (χ0n) is 26.1. The predicted octanol–water partition coefficient (Wildman–Crippen LogP) is 5.42. The quantitative estimate of drug-likeness (QED) is 0.195. The Hall–Kier alpha value is -4.63. The van der Waals surface area contributed by atoms with E-state index in [4.69, 9.17) is 21.1 Å². The van der Waals surface area contributed by atoms with Crippen LogP contribution >= 0.6 is 11.6 Å². The van der Waals surface area contributed by atoms with Crippen molar-refractivity contribution in [2.75, 3.05) is 25.6 Å². The molecule has 0 saturated carbocycles. The molecule has 1 fully saturated rings. The summed E-state index contributed by atoms with van der Waals surface area (Å²) < 4.78 is 53.1. The van der Waals surface area contributed by atoms with E-state index in [2.05, 4.69) is 30.7 Å². The summed E-state index contributed by atoms with van der Waals surface area (Å²) in [5.74, 6) is 0.0544. The highest BCUT2D eigenvalue weighted by molar-refractivity contribution is 6.36. The lowest BCUT2D eigenvalue weighted by molar-refractivity contribution is -0.141. The lowest BCUT2D eigenvalue weighted by atomic mass is 9.96. The first kappa shape index (κ1) is 33.3. The Morgan fingerprint density at radius 3 is 2.62 bits per heavy atom. The van der Waals surface area contributed by atoms with Crippen molar-refractivity contribution in [3.8, 4) is 28.3 Å². The minimum atomic E-state index is -4.75. The molecule has 0 bridgehead atoms. The van der Waals surface area contributed by atoms with Crippen LogP contribution in [0.3, 0.4) is 0 Å². The fourth-order valence-electron chi connectivity index (χ4n) is 5.62. The molecule has 2 atom stereocenters. The van der Waals surface area contributed by atoms with Gasteiger partial charge in [-0.15, -0.1) is 0 Å². The summed E-state index contributed by atoms with van der Waals surface area (Å²) in [6.07, 6.45) is -1.91. The molecule has 6 rings (SSSR count). The summed E-state index contributed by atoms with van der Waals surface area (Å²) in [6, 6.07) is 11.3. The molecule has 4 heterocycles. The van der Waals surface area contributed by atoms with Crippen LogP contribution in [0.5, 0.6) is 5.88 Å². The number of benzene rings is 2. The zero-order chi connectivity index (χ0) is 34.2. The summed E-state index contributed by atoms with van der Waals surface area (Å²) in [5.41, 5.74) is 2.25. The van der Waals surface area contributed by atoms with Gasteiger partial charge in [-0.3, -0.25) is 9.78 Å². The number of aryl methyl sites for hydroxylation is 1. The molecular weight excluding hydrogens is 651 g/mol. The number of nitrogens with zero attached hydrogens (tertiary/aromatic N) is 5. The number of pyridine rings is 1. The first-order valence-electron chi connectivity index (χ1n) is 15.0. The number of aliphatic hydroxyl groups is 1. The van der Waals surface area contributed by atoms with Crippen molar-refractivity contribution in [2.45, 2.75) is 38.2 Å². The van der Waals surface area contributed by atoms with Crippen molar-refractivity contribution in [3.63, 3.8) is 0 Å². The van der Waals surface area contributed by atoms with Crippen LogP contribution in [0, 0.1) is 6.92 Å². The van der Waals surface area contributed by atoms with Gasteiger partial charge in [0, 0.05) is 48.4 Å². The Labute approximate surface area is 277 Å². The summed E-state index contributed by atoms with van der Waals surface area (Å²) >= 11 is 6.99. The highest BCUT2D eigenvalue weighted by Crippen LogP contribution is 2.40. The second kappa shape index (κ2) is 13.5. The molecule has 0 spiro atoms. The van der Waals surface area contributed by atoms with E-state index in [1.54, 1.807) is 31.3 Å². The minimum absolute atomic E-state index is 0.00648. The molecule has 5 aromatic rings. The van der Waals surface area contributed by atoms with Crippen molar-refractivity contribution < 1.29 is 27.8 Å². The topological polar surface area (TPSA) is 136 Å². The maximum atomic E-state index is 13.8. The standard InChI is InChI=1S/C33H31ClF3N7O4/c1-17-19(6-5-9-22(17)41-30-28-18(13-40-44(2)32(28)46)12-27(43-30)33(35,36)37)20-7-4-8-21(29(20)34)24-14-39-25(31(42-24)47-3)15-38-23-10-11-48-16-26(23)45/h4-9,12-14,23,26,38,45H,10-11,15-16H2,1-3H3,(H,41,43). The number of anilines is 2. The van der Waals surface area contributed by atoms with Crippen molar-refractivity contribution in [3.05, 3.63) is 87.2 Å². The third-order valence-electron chi connectivity index (χ3n) is 8.23. The number of aliphatic hydroxyl groups excluding tert-OH is 1. The molecule has 1 aliphatic heterocycles. The number of ether oxygens (including phenoxy) is 2. The molecule has 3 N–H and O–H groups in total. The molecule has 11 nitrogen and oxygen atoms in total. The zero-order valence-corrected chi connectivity index (χ0v) is 26.9. The Morgan fingerprint density at radius 1 is 1.12 bits per heavy atom. The van der Waals surface area contributed by atoms with Crippen LogP contribution in [0.2, 0.25) is 5.02 Å². The molecule has 250 valence electrons. The van der Waals surface area contributed by atoms with Crippen molar-refractivity contribution in [1.29, 1.82) is 0 Å². The van der Waals surface area contributed by atoms with Gasteiger partial charge in [-0.2, -0.15) is 18.3 Å². The first-order valence-corrected chi connectivity index (χ1v) is 15.3. The van der Waals surface area contributed by atoms with Crippen LogP contribution in [-0.2, 0) is 24.5 Å². The number of rotatable bonds is 8. The Kier molecular flexibility index (Phi) is 9.34. The molecule has 15 heteroatoms. The van der Waals surface area contributed by atoms with Gasteiger partial charge in [-0.1, -0.05) is 41.9 Å². The maximum Gasteiger partial charge on any atom is 0.433 e. The van der Waals surface area contributed by atoms with E-state index in [9.17, 15) is 23.1 Å². The van der Waals surface area contributed by atoms with E-state index in [1.165, 1.54) is 20.4 Å². The molecule has 1 saturated heterocycles. The summed E-state index contributed by atoms with van der Waals surface area (Å²) in [4.78, 5) is 26.0. The van der Waals surface area contributed by atoms with Crippen molar-refractivity contribution in [1.82, 2.24) is 30.0 Å². The van der Waals surface area contributed by atoms with Crippen LogP contribution in [0.15, 0.2) is 59.7 Å². The fraction of sp³-hybridized carbons (Fsp3) is 0.303. The number of aromatic nitrogens is 5. The number of methoxy groups -OCH3 is 1. The van der Waals surface area contributed by atoms with Crippen LogP contribution in [0.25, 0.3) is 33.2 Å². The average molecular weight is 682 g/mol. The van der Waals surface area contributed by atoms with Gasteiger partial charge < -0.3 is 25.2 Å². The van der Waals surface area contributed by atoms with Crippen LogP contribution in [-0.4, -0.2) is 62.3 Å². The molecule has 0 radical (unpaired) electrons. The SMILES string of the molecule is COc1nc(-c2cccc(-c3cccc(Nc4nc(C(F)(F)F)cc5cnn(C)c(=O)c45)c3C)c2Cl)cnc1CNC1CCOCC1O. The van der Waals surface area contributed by atoms with E-state index in [-0.39, 0.29) is 29.2 Å². The highest BCUT2D eigenvalue weighted by atomic mass is 35.5. The third-order valence-corrected chi connectivity index (χ3v) is 8.64. The van der Waals surface area contributed by atoms with E-state index in [0.29, 0.717) is 69.8 Å². The lowest BCUT2D eigenvalue weighted by Gasteiger charge is -2.28. The fourth-order valence-corrected chi connectivity index (χ4v) is 5.94. The minimum Gasteiger partial charge on any atom is -0.480 e. The number of hydrogen-bond donors (Lipinski definition) is 3. The predicted molar refractivity (Wildman–Crippen MR) is 174 cm³/mol. The lowest BCUT2D eigenvalue weighted by Crippen LogP contribution is -2.46. The van der Waals surface area contributed by atoms with Gasteiger partial charge in [-0.25, -0.2) is 14.6 Å². The molecule has 48 heavy (non-hydrogen) atoms. The van der Waals surface area contributed by atoms with E-state index in [0.717, 1.165) is 10.7 Å². The van der Waals surface area contributed by atoms with Crippen LogP contribution in [0.1, 0.15) is 23.4 Å². The molecule has 1 aliphatic rings. The number of fused-ring (bicyclic) bond motifs is 1. The van der Waals surface area contributed by atoms with E-state index in [1.807, 2.05) is 18.2 Å². The first-order chi connectivity index (χ1) is 23.0. The third kappa shape index (κ3) is 6.56. The Bertz CT molecular complexity index is 2060. The number of hydrogen-bond acceptors (Lipinski definition) is 10. The van der Waals surface area contributed by atoms with Crippen molar-refractivity contribution >= 4 is 33.9 Å². The largest absolute Gasteiger partial charge is 0.480 e. The highest BCUT2D eigenvalue weighted by Gasteiger charge is 2.34. The Morgan fingerprint density at radius 2 is 1.88 bits per heavy atom. The van der Waals surface area contributed by atoms with Gasteiger partial charge in [0.25, 0.3) is 5.56 Å². The molecule has 0 aliphatic carbocycles. The normalized spacial score (nSPS) is 16.7. The second-order valence-corrected chi connectivity index (χ2v) is 11.7. The summed E-state index contributed by atoms with van der Waals surface area (Å²) in [5, 5.41) is 20.7. The number of halogens is 4. The van der Waals surface area contributed by atoms with E-state index < -0.39 is 23.5 Å². The van der Waals surface area contributed by atoms with Gasteiger partial charge in [0.2, 0.25) is 5.88 Å². The molecular formula is C33H31ClF3N7O4. The smallest absolute Gasteiger partial charge is 0.433 e. The number of nitrogens with one attached hydrogen (secondary N) is 2. The van der Waals surface area contributed by atoms with E-state index >= 15 is 0 Å². The van der Waals surface area contributed by atoms with Crippen LogP contribution in [0.4, 0.5) is 24.7 Å². The molecule has 2 aromatic carbocycles. The monoisotopic (exact) mass is 681 g/mol. The van der Waals surface area contributed by atoms with Gasteiger partial charge in [0.05, 0.1) is 48.3 Å². The second-order valence-electron chi connectivity index (χ2n) is 11.3. The van der Waals surface area contributed by atoms with Gasteiger partial charge in [0.15, 0.2) is 0 Å². The molecule has 0 amide bonds.